The number of halogens is 1. The van der Waals surface area contributed by atoms with Gasteiger partial charge in [-0.3, -0.25) is 9.59 Å². The SMILES string of the molecule is Cc1cc(C(=O)COC(=O)CCNS(=O)(=O)C=Cc2ccccc2)c(C)n1CCc1ccc(F)cc1. The van der Waals surface area contributed by atoms with Gasteiger partial charge in [0.15, 0.2) is 6.61 Å². The molecule has 2 aromatic carbocycles. The number of benzene rings is 2. The summed E-state index contributed by atoms with van der Waals surface area (Å²) in [5, 5.41) is 1.03. The predicted octanol–water partition coefficient (Wildman–Crippen LogP) is 4.19. The number of sulfonamides is 1. The third-order valence-electron chi connectivity index (χ3n) is 5.65. The van der Waals surface area contributed by atoms with Crippen LogP contribution < -0.4 is 4.72 Å². The molecule has 3 aromatic rings. The Morgan fingerprint density at radius 2 is 1.75 bits per heavy atom. The van der Waals surface area contributed by atoms with Crippen LogP contribution >= 0.6 is 0 Å². The zero-order valence-corrected chi connectivity index (χ0v) is 21.1. The van der Waals surface area contributed by atoms with Crippen molar-refractivity contribution in [2.75, 3.05) is 13.2 Å². The van der Waals surface area contributed by atoms with Gasteiger partial charge >= 0.3 is 5.97 Å². The summed E-state index contributed by atoms with van der Waals surface area (Å²) < 4.78 is 46.5. The molecule has 190 valence electrons. The first-order chi connectivity index (χ1) is 17.1. The van der Waals surface area contributed by atoms with Gasteiger partial charge < -0.3 is 9.30 Å². The van der Waals surface area contributed by atoms with E-state index in [1.54, 1.807) is 42.5 Å². The van der Waals surface area contributed by atoms with Crippen molar-refractivity contribution in [1.29, 1.82) is 0 Å². The zero-order chi connectivity index (χ0) is 26.1. The van der Waals surface area contributed by atoms with Crippen molar-refractivity contribution < 1.29 is 27.1 Å². The van der Waals surface area contributed by atoms with Crippen molar-refractivity contribution in [2.24, 2.45) is 0 Å². The Kier molecular flexibility index (Phi) is 9.32. The topological polar surface area (TPSA) is 94.5 Å². The lowest BCUT2D eigenvalue weighted by atomic mass is 10.1. The minimum absolute atomic E-state index is 0.146. The first-order valence-electron chi connectivity index (χ1n) is 11.5. The molecule has 1 heterocycles. The van der Waals surface area contributed by atoms with E-state index in [1.807, 2.05) is 24.5 Å². The smallest absolute Gasteiger partial charge is 0.307 e. The van der Waals surface area contributed by atoms with E-state index in [4.69, 9.17) is 4.74 Å². The van der Waals surface area contributed by atoms with Crippen LogP contribution in [0, 0.1) is 19.7 Å². The minimum Gasteiger partial charge on any atom is -0.457 e. The second-order valence-electron chi connectivity index (χ2n) is 8.30. The maximum absolute atomic E-state index is 13.1. The van der Waals surface area contributed by atoms with Gasteiger partial charge in [0.2, 0.25) is 15.8 Å². The molecule has 1 aromatic heterocycles. The second-order valence-corrected chi connectivity index (χ2v) is 9.95. The molecule has 0 fully saturated rings. The monoisotopic (exact) mass is 512 g/mol. The van der Waals surface area contributed by atoms with E-state index in [0.29, 0.717) is 18.5 Å². The molecule has 0 unspecified atom stereocenters. The number of aromatic nitrogens is 1. The van der Waals surface area contributed by atoms with E-state index < -0.39 is 22.6 Å². The van der Waals surface area contributed by atoms with Gasteiger partial charge in [0.25, 0.3) is 0 Å². The molecule has 3 rings (SSSR count). The number of rotatable bonds is 12. The molecule has 9 heteroatoms. The van der Waals surface area contributed by atoms with Crippen molar-refractivity contribution in [3.05, 3.63) is 100.0 Å². The molecule has 0 amide bonds. The highest BCUT2D eigenvalue weighted by molar-refractivity contribution is 7.92. The summed E-state index contributed by atoms with van der Waals surface area (Å²) in [4.78, 5) is 24.7. The van der Waals surface area contributed by atoms with Crippen molar-refractivity contribution >= 4 is 27.9 Å². The highest BCUT2D eigenvalue weighted by Gasteiger charge is 2.17. The average Bonchev–Trinajstić information content (AvgIpc) is 3.14. The Hall–Kier alpha value is -3.56. The van der Waals surface area contributed by atoms with Crippen molar-refractivity contribution in [2.45, 2.75) is 33.2 Å². The molecule has 0 saturated heterocycles. The quantitative estimate of drug-likeness (QED) is 0.290. The molecule has 0 aliphatic rings. The van der Waals surface area contributed by atoms with E-state index >= 15 is 0 Å². The summed E-state index contributed by atoms with van der Waals surface area (Å²) in [6, 6.07) is 17.0. The highest BCUT2D eigenvalue weighted by atomic mass is 32.2. The van der Waals surface area contributed by atoms with Crippen molar-refractivity contribution in [3.63, 3.8) is 0 Å². The van der Waals surface area contributed by atoms with Gasteiger partial charge in [0, 0.05) is 35.4 Å². The van der Waals surface area contributed by atoms with E-state index in [9.17, 15) is 22.4 Å². The van der Waals surface area contributed by atoms with Crippen LogP contribution in [0.4, 0.5) is 4.39 Å². The van der Waals surface area contributed by atoms with Crippen LogP contribution in [0.1, 0.15) is 39.3 Å². The van der Waals surface area contributed by atoms with Gasteiger partial charge in [-0.25, -0.2) is 17.5 Å². The molecule has 0 aliphatic carbocycles. The molecular formula is C27H29FN2O5S. The summed E-state index contributed by atoms with van der Waals surface area (Å²) in [6.07, 6.45) is 1.92. The molecule has 0 spiro atoms. The third-order valence-corrected chi connectivity index (χ3v) is 6.75. The van der Waals surface area contributed by atoms with Crippen molar-refractivity contribution in [3.8, 4) is 0 Å². The fraction of sp³-hybridized carbons (Fsp3) is 0.259. The fourth-order valence-electron chi connectivity index (χ4n) is 3.69. The number of hydrogen-bond donors (Lipinski definition) is 1. The Morgan fingerprint density at radius 3 is 2.44 bits per heavy atom. The highest BCUT2D eigenvalue weighted by Crippen LogP contribution is 2.17. The van der Waals surface area contributed by atoms with E-state index in [-0.39, 0.29) is 24.6 Å². The molecule has 0 bridgehead atoms. The average molecular weight is 513 g/mol. The van der Waals surface area contributed by atoms with E-state index in [0.717, 1.165) is 27.9 Å². The van der Waals surface area contributed by atoms with Gasteiger partial charge in [-0.05, 0) is 55.7 Å². The molecule has 36 heavy (non-hydrogen) atoms. The fourth-order valence-corrected chi connectivity index (χ4v) is 4.51. The predicted molar refractivity (Wildman–Crippen MR) is 136 cm³/mol. The Balaban J connectivity index is 1.45. The second kappa shape index (κ2) is 12.4. The number of ketones is 1. The van der Waals surface area contributed by atoms with Crippen molar-refractivity contribution in [1.82, 2.24) is 9.29 Å². The summed E-state index contributed by atoms with van der Waals surface area (Å²) in [7, 11) is -3.71. The van der Waals surface area contributed by atoms with Gasteiger partial charge in [-0.1, -0.05) is 42.5 Å². The van der Waals surface area contributed by atoms with Gasteiger partial charge in [-0.15, -0.1) is 0 Å². The maximum atomic E-state index is 13.1. The molecule has 0 radical (unpaired) electrons. The summed E-state index contributed by atoms with van der Waals surface area (Å²) in [5.74, 6) is -1.30. The molecular weight excluding hydrogens is 483 g/mol. The normalized spacial score (nSPS) is 11.6. The molecule has 0 aliphatic heterocycles. The molecule has 7 nitrogen and oxygen atoms in total. The van der Waals surface area contributed by atoms with Crippen LogP contribution in [0.2, 0.25) is 0 Å². The lowest BCUT2D eigenvalue weighted by molar-refractivity contribution is -0.142. The Bertz CT molecular complexity index is 1330. The Labute approximate surface area is 210 Å². The van der Waals surface area contributed by atoms with Crippen LogP contribution in [-0.4, -0.2) is 37.9 Å². The zero-order valence-electron chi connectivity index (χ0n) is 20.2. The first-order valence-corrected chi connectivity index (χ1v) is 13.0. The van der Waals surface area contributed by atoms with Gasteiger partial charge in [0.05, 0.1) is 6.42 Å². The lowest BCUT2D eigenvalue weighted by Crippen LogP contribution is -2.25. The number of carbonyl (C=O) groups is 2. The number of aryl methyl sites for hydroxylation is 2. The molecule has 0 saturated carbocycles. The van der Waals surface area contributed by atoms with Gasteiger partial charge in [0.1, 0.15) is 5.82 Å². The number of hydrogen-bond acceptors (Lipinski definition) is 5. The number of nitrogens with zero attached hydrogens (tertiary/aromatic N) is 1. The van der Waals surface area contributed by atoms with Crippen LogP contribution in [-0.2, 0) is 32.5 Å². The van der Waals surface area contributed by atoms with E-state index in [1.165, 1.54) is 18.2 Å². The largest absolute Gasteiger partial charge is 0.457 e. The Morgan fingerprint density at radius 1 is 1.06 bits per heavy atom. The molecule has 1 N–H and O–H groups in total. The first kappa shape index (κ1) is 27.0. The summed E-state index contributed by atoms with van der Waals surface area (Å²) >= 11 is 0. The standard InChI is InChI=1S/C27H29FN2O5S/c1-20-18-25(21(2)30(20)16-13-23-8-10-24(28)11-9-23)26(31)19-35-27(32)12-15-29-36(33,34)17-14-22-6-4-3-5-7-22/h3-11,14,17-18,29H,12-13,15-16,19H2,1-2H3. The van der Waals surface area contributed by atoms with E-state index in [2.05, 4.69) is 4.72 Å². The van der Waals surface area contributed by atoms with Crippen LogP contribution in [0.25, 0.3) is 6.08 Å². The third kappa shape index (κ3) is 8.00. The number of esters is 1. The van der Waals surface area contributed by atoms with Crippen LogP contribution in [0.15, 0.2) is 66.1 Å². The number of Topliss-reactive ketones (excluding diaryl/α,β-unsaturated/α-hetero) is 1. The van der Waals surface area contributed by atoms with Crippen LogP contribution in [0.3, 0.4) is 0 Å². The molecule has 0 atom stereocenters. The summed E-state index contributed by atoms with van der Waals surface area (Å²) in [6.45, 7) is 3.76. The summed E-state index contributed by atoms with van der Waals surface area (Å²) in [5.41, 5.74) is 3.83. The number of nitrogens with one attached hydrogen (secondary N) is 1. The van der Waals surface area contributed by atoms with Crippen LogP contribution in [0.5, 0.6) is 0 Å². The minimum atomic E-state index is -3.71. The number of ether oxygens (including phenoxy) is 1. The lowest BCUT2D eigenvalue weighted by Gasteiger charge is -2.10. The van der Waals surface area contributed by atoms with Gasteiger partial charge in [-0.2, -0.15) is 0 Å². The maximum Gasteiger partial charge on any atom is 0.307 e. The number of carbonyl (C=O) groups excluding carboxylic acids is 2.